The van der Waals surface area contributed by atoms with E-state index in [-0.39, 0.29) is 36.4 Å². The SMILES string of the molecule is CCCN(CCC)C(=O)c1cccc(C(=O)NC(CC(CNCc2ccccc2)OC(=O)[C@@H](N)Cc2ccc(OCc3ccccc3)cc2)c2cc(F)cc(F)c2)c1. The van der Waals surface area contributed by atoms with Crippen LogP contribution in [0, 0.1) is 11.6 Å². The van der Waals surface area contributed by atoms with Crippen LogP contribution in [0.15, 0.2) is 127 Å². The minimum Gasteiger partial charge on any atom is -0.489 e. The predicted molar refractivity (Wildman–Crippen MR) is 221 cm³/mol. The van der Waals surface area contributed by atoms with Crippen molar-refractivity contribution in [2.24, 2.45) is 5.73 Å². The molecule has 0 radical (unpaired) electrons. The lowest BCUT2D eigenvalue weighted by Gasteiger charge is -2.27. The van der Waals surface area contributed by atoms with Crippen molar-refractivity contribution in [3.05, 3.63) is 172 Å². The molecule has 0 saturated heterocycles. The van der Waals surface area contributed by atoms with E-state index in [1.165, 1.54) is 6.07 Å². The molecule has 2 unspecified atom stereocenters. The first-order valence-corrected chi connectivity index (χ1v) is 19.7. The van der Waals surface area contributed by atoms with Crippen molar-refractivity contribution < 1.29 is 32.6 Å². The number of carbonyl (C=O) groups is 3. The van der Waals surface area contributed by atoms with Gasteiger partial charge in [0.15, 0.2) is 0 Å². The fraction of sp³-hybridized carbons (Fsp3) is 0.298. The summed E-state index contributed by atoms with van der Waals surface area (Å²) in [5, 5.41) is 6.20. The average molecular weight is 791 g/mol. The maximum absolute atomic E-state index is 14.7. The fourth-order valence-electron chi connectivity index (χ4n) is 6.59. The Balaban J connectivity index is 1.33. The Labute approximate surface area is 339 Å². The highest BCUT2D eigenvalue weighted by Crippen LogP contribution is 2.24. The summed E-state index contributed by atoms with van der Waals surface area (Å²) in [5.41, 5.74) is 9.90. The molecule has 5 rings (SSSR count). The summed E-state index contributed by atoms with van der Waals surface area (Å²) in [7, 11) is 0. The molecule has 0 aliphatic rings. The highest BCUT2D eigenvalue weighted by atomic mass is 19.1. The topological polar surface area (TPSA) is 123 Å². The number of hydrogen-bond acceptors (Lipinski definition) is 7. The van der Waals surface area contributed by atoms with E-state index in [0.29, 0.717) is 37.6 Å². The molecule has 3 atom stereocenters. The summed E-state index contributed by atoms with van der Waals surface area (Å²) in [5.74, 6) is -2.44. The van der Waals surface area contributed by atoms with Crippen LogP contribution in [-0.4, -0.2) is 54.5 Å². The molecular weight excluding hydrogens is 739 g/mol. The number of nitrogens with one attached hydrogen (secondary N) is 2. The summed E-state index contributed by atoms with van der Waals surface area (Å²) in [4.78, 5) is 42.6. The van der Waals surface area contributed by atoms with Crippen molar-refractivity contribution in [1.29, 1.82) is 0 Å². The second-order valence-electron chi connectivity index (χ2n) is 14.2. The first-order chi connectivity index (χ1) is 28.1. The molecule has 4 N–H and O–H groups in total. The Morgan fingerprint density at radius 3 is 1.98 bits per heavy atom. The van der Waals surface area contributed by atoms with Gasteiger partial charge >= 0.3 is 5.97 Å². The van der Waals surface area contributed by atoms with Crippen LogP contribution in [0.2, 0.25) is 0 Å². The number of halogens is 2. The number of esters is 1. The van der Waals surface area contributed by atoms with Crippen molar-refractivity contribution in [1.82, 2.24) is 15.5 Å². The average Bonchev–Trinajstić information content (AvgIpc) is 3.23. The molecule has 0 heterocycles. The van der Waals surface area contributed by atoms with Gasteiger partial charge in [-0.25, -0.2) is 8.78 Å². The zero-order valence-electron chi connectivity index (χ0n) is 33.0. The molecule has 0 bridgehead atoms. The summed E-state index contributed by atoms with van der Waals surface area (Å²) >= 11 is 0. The molecule has 11 heteroatoms. The minimum atomic E-state index is -1.03. The van der Waals surface area contributed by atoms with E-state index in [0.717, 1.165) is 47.7 Å². The van der Waals surface area contributed by atoms with Crippen LogP contribution in [0.5, 0.6) is 5.75 Å². The number of benzene rings is 5. The number of rotatable bonds is 21. The quantitative estimate of drug-likeness (QED) is 0.0646. The third-order valence-corrected chi connectivity index (χ3v) is 9.49. The van der Waals surface area contributed by atoms with Gasteiger partial charge in [-0.3, -0.25) is 14.4 Å². The molecule has 0 aliphatic carbocycles. The van der Waals surface area contributed by atoms with Gasteiger partial charge in [-0.15, -0.1) is 0 Å². The zero-order chi connectivity index (χ0) is 41.3. The van der Waals surface area contributed by atoms with Crippen LogP contribution in [0.1, 0.15) is 82.1 Å². The molecule has 0 aliphatic heterocycles. The van der Waals surface area contributed by atoms with Gasteiger partial charge in [0, 0.05) is 49.8 Å². The minimum absolute atomic E-state index is 0.0538. The smallest absolute Gasteiger partial charge is 0.323 e. The van der Waals surface area contributed by atoms with Crippen LogP contribution < -0.4 is 21.1 Å². The van der Waals surface area contributed by atoms with Crippen LogP contribution in [0.4, 0.5) is 8.78 Å². The van der Waals surface area contributed by atoms with Gasteiger partial charge in [0.25, 0.3) is 11.8 Å². The standard InChI is InChI=1S/C47H52F2N4O5/c1-3-22-53(23-4-2)46(55)37-17-11-16-36(25-37)45(54)52-44(38-26-39(48)28-40(49)27-38)29-42(31-51-30-34-12-7-5-8-13-34)58-47(56)43(50)24-33-18-20-41(21-19-33)57-32-35-14-9-6-10-15-35/h5-21,25-28,42-44,51H,3-4,22-24,29-32,50H2,1-2H3,(H,52,54)/t42?,43-,44?/m0/s1. The van der Waals surface area contributed by atoms with Crippen molar-refractivity contribution in [2.45, 2.75) is 70.9 Å². The number of amides is 2. The van der Waals surface area contributed by atoms with Gasteiger partial charge in [0.1, 0.15) is 36.1 Å². The molecule has 5 aromatic carbocycles. The van der Waals surface area contributed by atoms with Gasteiger partial charge < -0.3 is 30.7 Å². The largest absolute Gasteiger partial charge is 0.489 e. The zero-order valence-corrected chi connectivity index (χ0v) is 33.0. The third kappa shape index (κ3) is 13.3. The second kappa shape index (κ2) is 22.1. The first kappa shape index (κ1) is 43.2. The lowest BCUT2D eigenvalue weighted by atomic mass is 9.98. The monoisotopic (exact) mass is 790 g/mol. The second-order valence-corrected chi connectivity index (χ2v) is 14.2. The lowest BCUT2D eigenvalue weighted by molar-refractivity contribution is -0.151. The molecule has 9 nitrogen and oxygen atoms in total. The van der Waals surface area contributed by atoms with Crippen molar-refractivity contribution in [3.8, 4) is 5.75 Å². The molecule has 58 heavy (non-hydrogen) atoms. The Hall–Kier alpha value is -5.91. The van der Waals surface area contributed by atoms with Crippen LogP contribution in [0.3, 0.4) is 0 Å². The third-order valence-electron chi connectivity index (χ3n) is 9.49. The van der Waals surface area contributed by atoms with Crippen molar-refractivity contribution in [3.63, 3.8) is 0 Å². The Bertz CT molecular complexity index is 2040. The van der Waals surface area contributed by atoms with Crippen LogP contribution in [0.25, 0.3) is 0 Å². The number of nitrogens with zero attached hydrogens (tertiary/aromatic N) is 1. The van der Waals surface area contributed by atoms with E-state index in [4.69, 9.17) is 15.2 Å². The van der Waals surface area contributed by atoms with Gasteiger partial charge in [-0.05, 0) is 84.0 Å². The van der Waals surface area contributed by atoms with Gasteiger partial charge in [-0.1, -0.05) is 92.7 Å². The molecule has 2 amide bonds. The van der Waals surface area contributed by atoms with E-state index < -0.39 is 41.7 Å². The van der Waals surface area contributed by atoms with Crippen molar-refractivity contribution in [2.75, 3.05) is 19.6 Å². The molecule has 0 fully saturated rings. The Morgan fingerprint density at radius 2 is 1.34 bits per heavy atom. The number of carbonyl (C=O) groups excluding carboxylic acids is 3. The van der Waals surface area contributed by atoms with Gasteiger partial charge in [-0.2, -0.15) is 0 Å². The summed E-state index contributed by atoms with van der Waals surface area (Å²) in [6, 6.07) is 34.1. The van der Waals surface area contributed by atoms with Gasteiger partial charge in [0.05, 0.1) is 6.04 Å². The molecule has 0 aromatic heterocycles. The maximum Gasteiger partial charge on any atom is 0.323 e. The summed E-state index contributed by atoms with van der Waals surface area (Å²) in [6.07, 6.45) is 0.804. The number of ether oxygens (including phenoxy) is 2. The molecule has 5 aromatic rings. The Kier molecular flexibility index (Phi) is 16.5. The molecule has 304 valence electrons. The number of nitrogens with two attached hydrogens (primary N) is 1. The fourth-order valence-corrected chi connectivity index (χ4v) is 6.59. The van der Waals surface area contributed by atoms with Crippen LogP contribution in [-0.2, 0) is 29.1 Å². The van der Waals surface area contributed by atoms with Gasteiger partial charge in [0.2, 0.25) is 0 Å². The summed E-state index contributed by atoms with van der Waals surface area (Å²) < 4.78 is 41.2. The maximum atomic E-state index is 14.7. The molecular formula is C47H52F2N4O5. The number of hydrogen-bond donors (Lipinski definition) is 3. The first-order valence-electron chi connectivity index (χ1n) is 19.7. The van der Waals surface area contributed by atoms with E-state index >= 15 is 0 Å². The van der Waals surface area contributed by atoms with E-state index in [1.807, 2.05) is 98.8 Å². The summed E-state index contributed by atoms with van der Waals surface area (Å²) in [6.45, 7) is 6.14. The molecule has 0 spiro atoms. The normalized spacial score (nSPS) is 12.6. The van der Waals surface area contributed by atoms with E-state index in [2.05, 4.69) is 10.6 Å². The lowest BCUT2D eigenvalue weighted by Crippen LogP contribution is -2.41. The Morgan fingerprint density at radius 1 is 0.724 bits per heavy atom. The van der Waals surface area contributed by atoms with Crippen molar-refractivity contribution >= 4 is 17.8 Å². The molecule has 0 saturated carbocycles. The predicted octanol–water partition coefficient (Wildman–Crippen LogP) is 7.94. The van der Waals surface area contributed by atoms with E-state index in [1.54, 1.807) is 23.1 Å². The van der Waals surface area contributed by atoms with E-state index in [9.17, 15) is 23.2 Å². The van der Waals surface area contributed by atoms with Crippen LogP contribution >= 0.6 is 0 Å². The highest BCUT2D eigenvalue weighted by Gasteiger charge is 2.27. The highest BCUT2D eigenvalue weighted by molar-refractivity contribution is 5.99.